The number of benzene rings is 2. The van der Waals surface area contributed by atoms with Gasteiger partial charge in [0, 0.05) is 23.6 Å². The summed E-state index contributed by atoms with van der Waals surface area (Å²) in [6.07, 6.45) is 6.45. The monoisotopic (exact) mass is 499 g/mol. The van der Waals surface area contributed by atoms with Crippen LogP contribution in [0.15, 0.2) is 63.9 Å². The minimum atomic E-state index is -4.24. The molecule has 2 aromatic carbocycles. The second-order valence-corrected chi connectivity index (χ2v) is 11.3. The van der Waals surface area contributed by atoms with Crippen LogP contribution >= 0.6 is 0 Å². The molecule has 188 valence electrons. The Morgan fingerprint density at radius 1 is 1.20 bits per heavy atom. The van der Waals surface area contributed by atoms with Crippen molar-refractivity contribution in [3.05, 3.63) is 75.4 Å². The van der Waals surface area contributed by atoms with E-state index in [1.807, 2.05) is 26.8 Å². The normalized spacial score (nSPS) is 18.2. The molecule has 0 saturated carbocycles. The molecule has 1 aliphatic carbocycles. The molecule has 2 unspecified atom stereocenters. The van der Waals surface area contributed by atoms with Crippen molar-refractivity contribution in [2.75, 3.05) is 0 Å². The van der Waals surface area contributed by atoms with Gasteiger partial charge in [-0.15, -0.1) is 0 Å². The molecule has 2 aromatic rings. The van der Waals surface area contributed by atoms with E-state index in [2.05, 4.69) is 6.58 Å². The number of phenolic OH excluding ortho intramolecular Hbond substituents is 2. The minimum absolute atomic E-state index is 0.0589. The van der Waals surface area contributed by atoms with Gasteiger partial charge in [0.05, 0.1) is 9.82 Å². The summed E-state index contributed by atoms with van der Waals surface area (Å²) in [6, 6.07) is 6.07. The van der Waals surface area contributed by atoms with Crippen LogP contribution in [0.25, 0.3) is 0 Å². The van der Waals surface area contributed by atoms with E-state index in [0.717, 1.165) is 49.0 Å². The van der Waals surface area contributed by atoms with Gasteiger partial charge in [-0.3, -0.25) is 10.1 Å². The Labute approximate surface area is 206 Å². The SMILES string of the molecule is C=C(C)C1CCC(C)=CC1c1c(O)cc(CCCCC)c(S(=O)(=O)c2ccc([N+](=O)[O-])cc2)c1O. The molecule has 7 nitrogen and oxygen atoms in total. The van der Waals surface area contributed by atoms with Crippen LogP contribution in [0.5, 0.6) is 11.5 Å². The van der Waals surface area contributed by atoms with Gasteiger partial charge in [0.1, 0.15) is 16.4 Å². The Morgan fingerprint density at radius 3 is 2.43 bits per heavy atom. The molecule has 0 amide bonds. The highest BCUT2D eigenvalue weighted by atomic mass is 32.2. The summed E-state index contributed by atoms with van der Waals surface area (Å²) >= 11 is 0. The third kappa shape index (κ3) is 5.42. The van der Waals surface area contributed by atoms with Crippen molar-refractivity contribution in [3.8, 4) is 11.5 Å². The molecule has 35 heavy (non-hydrogen) atoms. The second kappa shape index (κ2) is 10.6. The molecule has 0 bridgehead atoms. The molecule has 2 atom stereocenters. The lowest BCUT2D eigenvalue weighted by atomic mass is 9.73. The van der Waals surface area contributed by atoms with Gasteiger partial charge in [0.15, 0.2) is 0 Å². The molecule has 2 N–H and O–H groups in total. The molecule has 0 heterocycles. The lowest BCUT2D eigenvalue weighted by molar-refractivity contribution is -0.384. The third-order valence-corrected chi connectivity index (χ3v) is 8.62. The Hall–Kier alpha value is -3.13. The number of allylic oxidation sites excluding steroid dienone is 3. The van der Waals surface area contributed by atoms with Crippen LogP contribution in [0.1, 0.15) is 69.9 Å². The van der Waals surface area contributed by atoms with Crippen molar-refractivity contribution >= 4 is 15.5 Å². The van der Waals surface area contributed by atoms with Crippen molar-refractivity contribution in [1.82, 2.24) is 0 Å². The fraction of sp³-hybridized carbons (Fsp3) is 0.407. The molecular formula is C27H33NO6S. The summed E-state index contributed by atoms with van der Waals surface area (Å²) in [4.78, 5) is 10.0. The standard InChI is InChI=1S/C27H33NO6S/c1-5-6-7-8-19-16-24(29)25(23-15-18(4)9-14-22(23)17(2)3)26(30)27(19)35(33,34)21-12-10-20(11-13-21)28(31)32/h10-13,15-16,22-23,29-30H,2,5-9,14H2,1,3-4H3. The molecular weight excluding hydrogens is 466 g/mol. The first-order valence-electron chi connectivity index (χ1n) is 11.9. The summed E-state index contributed by atoms with van der Waals surface area (Å²) in [5, 5.41) is 33.5. The number of aromatic hydroxyl groups is 2. The number of hydrogen-bond donors (Lipinski definition) is 2. The van der Waals surface area contributed by atoms with Crippen LogP contribution in [0.4, 0.5) is 5.69 Å². The van der Waals surface area contributed by atoms with Gasteiger partial charge in [0.2, 0.25) is 9.84 Å². The number of rotatable bonds is 9. The molecule has 0 spiro atoms. The summed E-state index contributed by atoms with van der Waals surface area (Å²) in [5.74, 6) is -1.08. The van der Waals surface area contributed by atoms with E-state index in [9.17, 15) is 28.7 Å². The molecule has 3 rings (SSSR count). The van der Waals surface area contributed by atoms with Crippen molar-refractivity contribution in [3.63, 3.8) is 0 Å². The Morgan fingerprint density at radius 2 is 1.86 bits per heavy atom. The molecule has 0 aromatic heterocycles. The van der Waals surface area contributed by atoms with Crippen LogP contribution < -0.4 is 0 Å². The second-order valence-electron chi connectivity index (χ2n) is 9.39. The van der Waals surface area contributed by atoms with E-state index in [-0.39, 0.29) is 32.7 Å². The molecule has 0 aliphatic heterocycles. The Kier molecular flexibility index (Phi) is 8.05. The van der Waals surface area contributed by atoms with Crippen molar-refractivity contribution in [2.24, 2.45) is 5.92 Å². The summed E-state index contributed by atoms with van der Waals surface area (Å²) in [7, 11) is -4.24. The lowest BCUT2D eigenvalue weighted by Gasteiger charge is -2.32. The van der Waals surface area contributed by atoms with Gasteiger partial charge in [0.25, 0.3) is 5.69 Å². The number of phenols is 2. The number of non-ortho nitro benzene ring substituents is 1. The summed E-state index contributed by atoms with van der Waals surface area (Å²) < 4.78 is 27.5. The lowest BCUT2D eigenvalue weighted by Crippen LogP contribution is -2.18. The van der Waals surface area contributed by atoms with Crippen LogP contribution in [0.2, 0.25) is 0 Å². The van der Waals surface area contributed by atoms with Gasteiger partial charge >= 0.3 is 0 Å². The highest BCUT2D eigenvalue weighted by Gasteiger charge is 2.35. The minimum Gasteiger partial charge on any atom is -0.507 e. The van der Waals surface area contributed by atoms with Crippen molar-refractivity contribution < 1.29 is 23.6 Å². The molecule has 0 radical (unpaired) electrons. The average Bonchev–Trinajstić information content (AvgIpc) is 2.78. The highest BCUT2D eigenvalue weighted by Crippen LogP contribution is 2.49. The topological polar surface area (TPSA) is 118 Å². The Balaban J connectivity index is 2.25. The predicted octanol–water partition coefficient (Wildman–Crippen LogP) is 6.59. The van der Waals surface area contributed by atoms with Gasteiger partial charge in [-0.1, -0.05) is 43.6 Å². The van der Waals surface area contributed by atoms with Crippen LogP contribution in [0.3, 0.4) is 0 Å². The van der Waals surface area contributed by atoms with Crippen molar-refractivity contribution in [2.45, 2.75) is 75.0 Å². The van der Waals surface area contributed by atoms with E-state index in [1.165, 1.54) is 18.2 Å². The first kappa shape index (κ1) is 26.5. The first-order chi connectivity index (χ1) is 16.5. The number of aryl methyl sites for hydroxylation is 1. The number of nitro groups is 1. The number of hydrogen-bond acceptors (Lipinski definition) is 6. The highest BCUT2D eigenvalue weighted by molar-refractivity contribution is 7.91. The van der Waals surface area contributed by atoms with E-state index in [0.29, 0.717) is 18.4 Å². The van der Waals surface area contributed by atoms with Gasteiger partial charge in [-0.2, -0.15) is 0 Å². The van der Waals surface area contributed by atoms with E-state index in [4.69, 9.17) is 0 Å². The predicted molar refractivity (Wildman–Crippen MR) is 136 cm³/mol. The van der Waals surface area contributed by atoms with Crippen LogP contribution in [-0.4, -0.2) is 23.6 Å². The quantitative estimate of drug-likeness (QED) is 0.174. The van der Waals surface area contributed by atoms with E-state index < -0.39 is 26.4 Å². The maximum absolute atomic E-state index is 13.8. The number of nitrogens with zero attached hydrogens (tertiary/aromatic N) is 1. The maximum atomic E-state index is 13.8. The molecule has 8 heteroatoms. The zero-order valence-corrected chi connectivity index (χ0v) is 21.3. The zero-order chi connectivity index (χ0) is 25.9. The first-order valence-corrected chi connectivity index (χ1v) is 13.4. The molecule has 0 saturated heterocycles. The summed E-state index contributed by atoms with van der Waals surface area (Å²) in [5.41, 5.74) is 2.27. The fourth-order valence-corrected chi connectivity index (χ4v) is 6.46. The average molecular weight is 500 g/mol. The van der Waals surface area contributed by atoms with Gasteiger partial charge in [-0.25, -0.2) is 8.42 Å². The zero-order valence-electron chi connectivity index (χ0n) is 20.5. The van der Waals surface area contributed by atoms with Crippen LogP contribution in [0, 0.1) is 16.0 Å². The number of unbranched alkanes of at least 4 members (excludes halogenated alkanes) is 2. The van der Waals surface area contributed by atoms with Crippen molar-refractivity contribution in [1.29, 1.82) is 0 Å². The fourth-order valence-electron chi connectivity index (χ4n) is 4.85. The number of sulfone groups is 1. The third-order valence-electron chi connectivity index (χ3n) is 6.74. The largest absolute Gasteiger partial charge is 0.507 e. The molecule has 0 fully saturated rings. The van der Waals surface area contributed by atoms with Gasteiger partial charge in [-0.05, 0) is 69.2 Å². The van der Waals surface area contributed by atoms with Crippen LogP contribution in [-0.2, 0) is 16.3 Å². The Bertz CT molecular complexity index is 1260. The van der Waals surface area contributed by atoms with E-state index >= 15 is 0 Å². The van der Waals surface area contributed by atoms with E-state index in [1.54, 1.807) is 0 Å². The molecule has 1 aliphatic rings. The number of nitro benzene ring substituents is 1. The smallest absolute Gasteiger partial charge is 0.269 e. The van der Waals surface area contributed by atoms with Gasteiger partial charge < -0.3 is 10.2 Å². The maximum Gasteiger partial charge on any atom is 0.269 e. The summed E-state index contributed by atoms with van der Waals surface area (Å²) in [6.45, 7) is 9.98.